The number of nitrogens with zero attached hydrogens (tertiary/aromatic N) is 1. The van der Waals surface area contributed by atoms with Crippen molar-refractivity contribution in [2.24, 2.45) is 4.99 Å². The van der Waals surface area contributed by atoms with Crippen LogP contribution in [0.2, 0.25) is 10.0 Å². The predicted molar refractivity (Wildman–Crippen MR) is 117 cm³/mol. The largest absolute Gasteiger partial charge is 0.247 e. The summed E-state index contributed by atoms with van der Waals surface area (Å²) in [6, 6.07) is 5.58. The summed E-state index contributed by atoms with van der Waals surface area (Å²) in [6.07, 6.45) is 9.06. The molecule has 2 rings (SSSR count). The van der Waals surface area contributed by atoms with Gasteiger partial charge in [-0.2, -0.15) is 0 Å². The lowest BCUT2D eigenvalue weighted by Crippen LogP contribution is -2.04. The van der Waals surface area contributed by atoms with Crippen molar-refractivity contribution < 1.29 is 0 Å². The van der Waals surface area contributed by atoms with E-state index in [1.165, 1.54) is 29.7 Å². The van der Waals surface area contributed by atoms with Crippen LogP contribution in [0, 0.1) is 0 Å². The van der Waals surface area contributed by atoms with E-state index in [0.717, 1.165) is 44.2 Å². The normalized spacial score (nSPS) is 14.6. The van der Waals surface area contributed by atoms with Crippen molar-refractivity contribution in [2.45, 2.75) is 79.1 Å². The summed E-state index contributed by atoms with van der Waals surface area (Å²) in [4.78, 5) is 5.07. The highest BCUT2D eigenvalue weighted by Gasteiger charge is 2.28. The topological polar surface area (TPSA) is 12.4 Å². The molecule has 26 heavy (non-hydrogen) atoms. The molecule has 1 aliphatic carbocycles. The minimum atomic E-state index is 0.623. The molecule has 142 valence electrons. The Morgan fingerprint density at radius 3 is 1.58 bits per heavy atom. The molecule has 0 aromatic heterocycles. The van der Waals surface area contributed by atoms with Crippen molar-refractivity contribution in [1.29, 1.82) is 0 Å². The number of hydrogen-bond donors (Lipinski definition) is 0. The van der Waals surface area contributed by atoms with E-state index in [2.05, 4.69) is 27.7 Å². The Balaban J connectivity index is 2.65. The van der Waals surface area contributed by atoms with Crippen LogP contribution >= 0.6 is 23.2 Å². The van der Waals surface area contributed by atoms with E-state index in [1.807, 2.05) is 12.1 Å². The van der Waals surface area contributed by atoms with Gasteiger partial charge in [-0.1, -0.05) is 76.6 Å². The Bertz CT molecular complexity index is 692. The summed E-state index contributed by atoms with van der Waals surface area (Å²) in [6.45, 7) is 9.04. The van der Waals surface area contributed by atoms with Crippen LogP contribution in [0.3, 0.4) is 0 Å². The van der Waals surface area contributed by atoms with Gasteiger partial charge in [-0.3, -0.25) is 0 Å². The molecule has 0 bridgehead atoms. The minimum absolute atomic E-state index is 0.623. The number of benzene rings is 1. The van der Waals surface area contributed by atoms with Crippen LogP contribution in [-0.4, -0.2) is 5.71 Å². The van der Waals surface area contributed by atoms with Gasteiger partial charge in [0.1, 0.15) is 0 Å². The van der Waals surface area contributed by atoms with Crippen LogP contribution in [0.25, 0.3) is 0 Å². The van der Waals surface area contributed by atoms with Crippen LogP contribution in [-0.2, 0) is 0 Å². The molecule has 0 fully saturated rings. The molecule has 0 heterocycles. The molecule has 0 saturated carbocycles. The van der Waals surface area contributed by atoms with Crippen molar-refractivity contribution in [1.82, 2.24) is 0 Å². The van der Waals surface area contributed by atoms with Crippen molar-refractivity contribution in [3.05, 3.63) is 50.5 Å². The van der Waals surface area contributed by atoms with Crippen LogP contribution in [0.15, 0.2) is 45.5 Å². The standard InChI is InChI=1S/C23H31Cl2N/c1-5-9-17-18(10-6-2)20(12-8-4)23(19(17)11-7-3)26-22-14-13-16(24)15-21(22)25/h13-15H,5-12H2,1-4H3. The number of aliphatic imine (C=N–C) groups is 1. The van der Waals surface area contributed by atoms with E-state index < -0.39 is 0 Å². The van der Waals surface area contributed by atoms with E-state index in [0.29, 0.717) is 10.0 Å². The maximum atomic E-state index is 6.43. The average molecular weight is 392 g/mol. The fourth-order valence-electron chi connectivity index (χ4n) is 3.80. The first-order chi connectivity index (χ1) is 12.6. The zero-order valence-corrected chi connectivity index (χ0v) is 18.1. The Hall–Kier alpha value is -1.05. The molecule has 0 radical (unpaired) electrons. The summed E-state index contributed by atoms with van der Waals surface area (Å²) < 4.78 is 0. The third kappa shape index (κ3) is 4.81. The molecular formula is C23H31Cl2N. The van der Waals surface area contributed by atoms with Crippen molar-refractivity contribution in [3.8, 4) is 0 Å². The van der Waals surface area contributed by atoms with Crippen molar-refractivity contribution >= 4 is 34.6 Å². The van der Waals surface area contributed by atoms with E-state index in [-0.39, 0.29) is 0 Å². The zero-order valence-electron chi connectivity index (χ0n) is 16.6. The third-order valence-corrected chi connectivity index (χ3v) is 5.34. The summed E-state index contributed by atoms with van der Waals surface area (Å²) >= 11 is 12.5. The first-order valence-electron chi connectivity index (χ1n) is 10.1. The van der Waals surface area contributed by atoms with Gasteiger partial charge in [0.05, 0.1) is 16.4 Å². The van der Waals surface area contributed by atoms with E-state index in [1.54, 1.807) is 17.2 Å². The van der Waals surface area contributed by atoms with Crippen LogP contribution in [0.4, 0.5) is 5.69 Å². The van der Waals surface area contributed by atoms with Gasteiger partial charge in [0, 0.05) is 5.02 Å². The first-order valence-corrected chi connectivity index (χ1v) is 10.8. The van der Waals surface area contributed by atoms with Gasteiger partial charge in [-0.25, -0.2) is 4.99 Å². The predicted octanol–water partition coefficient (Wildman–Crippen LogP) is 8.87. The quantitative estimate of drug-likeness (QED) is 0.398. The van der Waals surface area contributed by atoms with Crippen LogP contribution in [0.1, 0.15) is 79.1 Å². The molecule has 1 aromatic carbocycles. The Morgan fingerprint density at radius 2 is 1.15 bits per heavy atom. The van der Waals surface area contributed by atoms with E-state index in [9.17, 15) is 0 Å². The average Bonchev–Trinajstić information content (AvgIpc) is 2.85. The Kier molecular flexibility index (Phi) is 8.44. The highest BCUT2D eigenvalue weighted by Crippen LogP contribution is 2.41. The molecule has 1 aromatic rings. The van der Waals surface area contributed by atoms with Crippen LogP contribution in [0.5, 0.6) is 0 Å². The smallest absolute Gasteiger partial charge is 0.0824 e. The molecule has 0 aliphatic heterocycles. The summed E-state index contributed by atoms with van der Waals surface area (Å²) in [5, 5.41) is 1.27. The maximum Gasteiger partial charge on any atom is 0.0824 e. The molecule has 1 aliphatic rings. The van der Waals surface area contributed by atoms with Gasteiger partial charge in [-0.05, 0) is 66.2 Å². The lowest BCUT2D eigenvalue weighted by molar-refractivity contribution is 0.825. The molecule has 3 heteroatoms. The number of hydrogen-bond acceptors (Lipinski definition) is 1. The maximum absolute atomic E-state index is 6.43. The van der Waals surface area contributed by atoms with Crippen molar-refractivity contribution in [3.63, 3.8) is 0 Å². The van der Waals surface area contributed by atoms with E-state index >= 15 is 0 Å². The second-order valence-corrected chi connectivity index (χ2v) is 7.81. The second kappa shape index (κ2) is 10.3. The van der Waals surface area contributed by atoms with E-state index in [4.69, 9.17) is 28.2 Å². The Labute approximate surface area is 169 Å². The molecule has 0 atom stereocenters. The lowest BCUT2D eigenvalue weighted by Gasteiger charge is -2.11. The second-order valence-electron chi connectivity index (χ2n) is 6.97. The molecule has 0 saturated heterocycles. The molecular weight excluding hydrogens is 361 g/mol. The van der Waals surface area contributed by atoms with Crippen molar-refractivity contribution in [2.75, 3.05) is 0 Å². The number of allylic oxidation sites excluding steroid dienone is 4. The fourth-order valence-corrected chi connectivity index (χ4v) is 4.25. The fraction of sp³-hybridized carbons (Fsp3) is 0.522. The van der Waals surface area contributed by atoms with Gasteiger partial charge >= 0.3 is 0 Å². The van der Waals surface area contributed by atoms with Gasteiger partial charge in [-0.15, -0.1) is 0 Å². The summed E-state index contributed by atoms with van der Waals surface area (Å²) in [5.74, 6) is 0. The van der Waals surface area contributed by atoms with Gasteiger partial charge in [0.2, 0.25) is 0 Å². The highest BCUT2D eigenvalue weighted by atomic mass is 35.5. The highest BCUT2D eigenvalue weighted by molar-refractivity contribution is 6.36. The zero-order chi connectivity index (χ0) is 19.1. The summed E-state index contributed by atoms with van der Waals surface area (Å²) in [7, 11) is 0. The summed E-state index contributed by atoms with van der Waals surface area (Å²) in [5.41, 5.74) is 8.03. The third-order valence-electron chi connectivity index (χ3n) is 4.81. The van der Waals surface area contributed by atoms with Gasteiger partial charge < -0.3 is 0 Å². The van der Waals surface area contributed by atoms with Gasteiger partial charge in [0.25, 0.3) is 0 Å². The number of halogens is 2. The first kappa shape index (κ1) is 21.3. The molecule has 0 amide bonds. The SMILES string of the molecule is CCCC1=C(CCC)C(CCC)=C(CCC)C1=Nc1ccc(Cl)cc1Cl. The minimum Gasteiger partial charge on any atom is -0.247 e. The van der Waals surface area contributed by atoms with Gasteiger partial charge in [0.15, 0.2) is 0 Å². The van der Waals surface area contributed by atoms with Crippen LogP contribution < -0.4 is 0 Å². The number of rotatable bonds is 9. The lowest BCUT2D eigenvalue weighted by atomic mass is 9.95. The molecule has 0 N–H and O–H groups in total. The molecule has 1 nitrogen and oxygen atoms in total. The molecule has 0 spiro atoms. The monoisotopic (exact) mass is 391 g/mol. The molecule has 0 unspecified atom stereocenters. The Morgan fingerprint density at radius 1 is 0.692 bits per heavy atom.